The summed E-state index contributed by atoms with van der Waals surface area (Å²) < 4.78 is 13.0. The van der Waals surface area contributed by atoms with Gasteiger partial charge in [-0.1, -0.05) is 24.3 Å². The van der Waals surface area contributed by atoms with Crippen LogP contribution < -0.4 is 5.32 Å². The summed E-state index contributed by atoms with van der Waals surface area (Å²) in [5.41, 5.74) is 4.43. The summed E-state index contributed by atoms with van der Waals surface area (Å²) in [7, 11) is 0. The van der Waals surface area contributed by atoms with E-state index in [-0.39, 0.29) is 11.9 Å². The van der Waals surface area contributed by atoms with Gasteiger partial charge in [-0.15, -0.1) is 0 Å². The molecule has 1 N–H and O–H groups in total. The molecule has 0 aliphatic heterocycles. The van der Waals surface area contributed by atoms with Crippen LogP contribution in [0.2, 0.25) is 0 Å². The Bertz CT molecular complexity index is 549. The highest BCUT2D eigenvalue weighted by atomic mass is 19.1. The van der Waals surface area contributed by atoms with Crippen LogP contribution >= 0.6 is 0 Å². The van der Waals surface area contributed by atoms with Crippen molar-refractivity contribution in [2.24, 2.45) is 0 Å². The molecule has 2 rings (SSSR count). The van der Waals surface area contributed by atoms with Gasteiger partial charge in [0.05, 0.1) is 0 Å². The van der Waals surface area contributed by atoms with E-state index in [0.717, 1.165) is 11.3 Å². The molecule has 0 aromatic heterocycles. The lowest BCUT2D eigenvalue weighted by molar-refractivity contribution is 0.626. The second kappa shape index (κ2) is 5.21. The predicted molar refractivity (Wildman–Crippen MR) is 74.4 cm³/mol. The molecule has 94 valence electrons. The van der Waals surface area contributed by atoms with Crippen molar-refractivity contribution in [3.8, 4) is 0 Å². The Balaban J connectivity index is 2.21. The molecular weight excluding hydrogens is 225 g/mol. The van der Waals surface area contributed by atoms with E-state index in [1.54, 1.807) is 12.1 Å². The van der Waals surface area contributed by atoms with Gasteiger partial charge in [0.2, 0.25) is 0 Å². The van der Waals surface area contributed by atoms with Crippen LogP contribution in [0.4, 0.5) is 10.1 Å². The highest BCUT2D eigenvalue weighted by Gasteiger charge is 2.09. The maximum atomic E-state index is 13.0. The maximum absolute atomic E-state index is 13.0. The van der Waals surface area contributed by atoms with Crippen molar-refractivity contribution < 1.29 is 4.39 Å². The molecule has 1 unspecified atom stereocenters. The molecule has 0 bridgehead atoms. The van der Waals surface area contributed by atoms with Crippen molar-refractivity contribution in [2.75, 3.05) is 5.32 Å². The summed E-state index contributed by atoms with van der Waals surface area (Å²) >= 11 is 0. The molecule has 2 aromatic rings. The van der Waals surface area contributed by atoms with E-state index in [4.69, 9.17) is 0 Å². The highest BCUT2D eigenvalue weighted by molar-refractivity contribution is 5.52. The van der Waals surface area contributed by atoms with Gasteiger partial charge in [-0.3, -0.25) is 0 Å². The van der Waals surface area contributed by atoms with Crippen molar-refractivity contribution in [1.29, 1.82) is 0 Å². The first-order valence-electron chi connectivity index (χ1n) is 6.16. The first kappa shape index (κ1) is 12.6. The molecule has 1 atom stereocenters. The van der Waals surface area contributed by atoms with E-state index in [1.807, 2.05) is 19.1 Å². The Morgan fingerprint density at radius 3 is 2.39 bits per heavy atom. The number of rotatable bonds is 3. The van der Waals surface area contributed by atoms with Gasteiger partial charge in [-0.2, -0.15) is 0 Å². The normalized spacial score (nSPS) is 12.2. The first-order valence-corrected chi connectivity index (χ1v) is 6.16. The Labute approximate surface area is 108 Å². The quantitative estimate of drug-likeness (QED) is 0.829. The van der Waals surface area contributed by atoms with Crippen LogP contribution in [0.3, 0.4) is 0 Å². The van der Waals surface area contributed by atoms with Gasteiger partial charge in [0, 0.05) is 11.7 Å². The van der Waals surface area contributed by atoms with Crippen molar-refractivity contribution in [2.45, 2.75) is 26.8 Å². The SMILES string of the molecule is Cc1cc(F)ccc1NC(C)c1ccccc1C. The fraction of sp³-hybridized carbons (Fsp3) is 0.250. The Hall–Kier alpha value is -1.83. The molecule has 0 aliphatic rings. The summed E-state index contributed by atoms with van der Waals surface area (Å²) in [5.74, 6) is -0.193. The van der Waals surface area contributed by atoms with Gasteiger partial charge in [-0.05, 0) is 55.7 Å². The average Bonchev–Trinajstić information content (AvgIpc) is 2.33. The highest BCUT2D eigenvalue weighted by Crippen LogP contribution is 2.24. The van der Waals surface area contributed by atoms with Crippen LogP contribution in [-0.2, 0) is 0 Å². The third kappa shape index (κ3) is 2.70. The molecule has 2 heteroatoms. The van der Waals surface area contributed by atoms with E-state index >= 15 is 0 Å². The molecular formula is C16H18FN. The second-order valence-corrected chi connectivity index (χ2v) is 4.68. The van der Waals surface area contributed by atoms with Gasteiger partial charge in [0.1, 0.15) is 5.82 Å². The molecule has 0 spiro atoms. The van der Waals surface area contributed by atoms with Gasteiger partial charge in [0.15, 0.2) is 0 Å². The van der Waals surface area contributed by atoms with E-state index in [2.05, 4.69) is 31.3 Å². The van der Waals surface area contributed by atoms with Crippen molar-refractivity contribution in [3.63, 3.8) is 0 Å². The van der Waals surface area contributed by atoms with Crippen LogP contribution in [-0.4, -0.2) is 0 Å². The van der Waals surface area contributed by atoms with Crippen molar-refractivity contribution in [3.05, 3.63) is 65.0 Å². The minimum Gasteiger partial charge on any atom is -0.378 e. The molecule has 0 fully saturated rings. The molecule has 0 saturated heterocycles. The molecule has 0 radical (unpaired) electrons. The monoisotopic (exact) mass is 243 g/mol. The summed E-state index contributed by atoms with van der Waals surface area (Å²) in [6.45, 7) is 6.13. The zero-order valence-corrected chi connectivity index (χ0v) is 11.0. The summed E-state index contributed by atoms with van der Waals surface area (Å²) in [6.07, 6.45) is 0. The number of benzene rings is 2. The molecule has 0 saturated carbocycles. The van der Waals surface area contributed by atoms with Crippen molar-refractivity contribution in [1.82, 2.24) is 0 Å². The Morgan fingerprint density at radius 2 is 1.72 bits per heavy atom. The number of hydrogen-bond donors (Lipinski definition) is 1. The summed E-state index contributed by atoms with van der Waals surface area (Å²) in [5, 5.41) is 3.43. The maximum Gasteiger partial charge on any atom is 0.123 e. The molecule has 0 amide bonds. The lowest BCUT2D eigenvalue weighted by atomic mass is 10.0. The zero-order valence-electron chi connectivity index (χ0n) is 11.0. The Morgan fingerprint density at radius 1 is 1.00 bits per heavy atom. The average molecular weight is 243 g/mol. The van der Waals surface area contributed by atoms with E-state index < -0.39 is 0 Å². The number of hydrogen-bond acceptors (Lipinski definition) is 1. The van der Waals surface area contributed by atoms with E-state index in [9.17, 15) is 4.39 Å². The molecule has 2 aromatic carbocycles. The lowest BCUT2D eigenvalue weighted by Crippen LogP contribution is -2.09. The first-order chi connectivity index (χ1) is 8.58. The summed E-state index contributed by atoms with van der Waals surface area (Å²) in [6, 6.07) is 13.3. The molecule has 18 heavy (non-hydrogen) atoms. The van der Waals surface area contributed by atoms with Crippen LogP contribution in [0.1, 0.15) is 29.7 Å². The number of aryl methyl sites for hydroxylation is 2. The van der Waals surface area contributed by atoms with Gasteiger partial charge in [0.25, 0.3) is 0 Å². The second-order valence-electron chi connectivity index (χ2n) is 4.68. The summed E-state index contributed by atoms with van der Waals surface area (Å²) in [4.78, 5) is 0. The molecule has 0 aliphatic carbocycles. The Kier molecular flexibility index (Phi) is 3.66. The minimum absolute atomic E-state index is 0.193. The fourth-order valence-electron chi connectivity index (χ4n) is 2.17. The third-order valence-corrected chi connectivity index (χ3v) is 3.22. The van der Waals surface area contributed by atoms with Crippen LogP contribution in [0.25, 0.3) is 0 Å². The number of halogens is 1. The van der Waals surface area contributed by atoms with Gasteiger partial charge < -0.3 is 5.32 Å². The van der Waals surface area contributed by atoms with Gasteiger partial charge >= 0.3 is 0 Å². The van der Waals surface area contributed by atoms with Gasteiger partial charge in [-0.25, -0.2) is 4.39 Å². The third-order valence-electron chi connectivity index (χ3n) is 3.22. The lowest BCUT2D eigenvalue weighted by Gasteiger charge is -2.19. The standard InChI is InChI=1S/C16H18FN/c1-11-6-4-5-7-15(11)13(3)18-16-9-8-14(17)10-12(16)2/h4-10,13,18H,1-3H3. The van der Waals surface area contributed by atoms with Crippen LogP contribution in [0, 0.1) is 19.7 Å². The number of anilines is 1. The largest absolute Gasteiger partial charge is 0.378 e. The molecule has 1 nitrogen and oxygen atoms in total. The predicted octanol–water partition coefficient (Wildman–Crippen LogP) is 4.62. The number of nitrogens with one attached hydrogen (secondary N) is 1. The molecule has 0 heterocycles. The fourth-order valence-corrected chi connectivity index (χ4v) is 2.17. The van der Waals surface area contributed by atoms with Crippen LogP contribution in [0.5, 0.6) is 0 Å². The van der Waals surface area contributed by atoms with E-state index in [0.29, 0.717) is 0 Å². The van der Waals surface area contributed by atoms with Crippen LogP contribution in [0.15, 0.2) is 42.5 Å². The minimum atomic E-state index is -0.193. The topological polar surface area (TPSA) is 12.0 Å². The van der Waals surface area contributed by atoms with E-state index in [1.165, 1.54) is 17.2 Å². The smallest absolute Gasteiger partial charge is 0.123 e. The zero-order chi connectivity index (χ0) is 13.1. The van der Waals surface area contributed by atoms with Crippen molar-refractivity contribution >= 4 is 5.69 Å².